The Kier molecular flexibility index (Phi) is 4.92. The van der Waals surface area contributed by atoms with E-state index in [0.717, 1.165) is 37.5 Å². The summed E-state index contributed by atoms with van der Waals surface area (Å²) < 4.78 is 13.4. The highest BCUT2D eigenvalue weighted by atomic mass is 19.1. The van der Waals surface area contributed by atoms with Gasteiger partial charge < -0.3 is 10.0 Å². The highest BCUT2D eigenvalue weighted by molar-refractivity contribution is 5.55. The van der Waals surface area contributed by atoms with E-state index in [2.05, 4.69) is 25.7 Å². The zero-order valence-electron chi connectivity index (χ0n) is 13.7. The number of anilines is 1. The van der Waals surface area contributed by atoms with Gasteiger partial charge in [-0.1, -0.05) is 20.8 Å². The van der Waals surface area contributed by atoms with Gasteiger partial charge in [-0.15, -0.1) is 0 Å². The predicted octanol–water partition coefficient (Wildman–Crippen LogP) is 4.53. The summed E-state index contributed by atoms with van der Waals surface area (Å²) in [5.41, 5.74) is 2.02. The van der Waals surface area contributed by atoms with Crippen LogP contribution in [-0.2, 0) is 0 Å². The molecular formula is C18H28FNO. The molecule has 1 N–H and O–H groups in total. The van der Waals surface area contributed by atoms with Gasteiger partial charge in [-0.05, 0) is 55.7 Å². The van der Waals surface area contributed by atoms with Gasteiger partial charge in [0.15, 0.2) is 0 Å². The van der Waals surface area contributed by atoms with Gasteiger partial charge in [-0.2, -0.15) is 0 Å². The zero-order valence-corrected chi connectivity index (χ0v) is 13.7. The predicted molar refractivity (Wildman–Crippen MR) is 86.0 cm³/mol. The summed E-state index contributed by atoms with van der Waals surface area (Å²) >= 11 is 0. The molecule has 2 nitrogen and oxygen atoms in total. The van der Waals surface area contributed by atoms with Crippen LogP contribution in [0.2, 0.25) is 0 Å². The van der Waals surface area contributed by atoms with E-state index in [4.69, 9.17) is 0 Å². The Morgan fingerprint density at radius 1 is 1.24 bits per heavy atom. The van der Waals surface area contributed by atoms with Crippen molar-refractivity contribution in [2.24, 2.45) is 11.3 Å². The van der Waals surface area contributed by atoms with Crippen molar-refractivity contribution < 1.29 is 9.50 Å². The molecule has 118 valence electrons. The highest BCUT2D eigenvalue weighted by Gasteiger charge is 2.28. The van der Waals surface area contributed by atoms with Crippen LogP contribution in [0, 0.1) is 17.2 Å². The second kappa shape index (κ2) is 6.35. The molecule has 0 bridgehead atoms. The molecule has 2 rings (SSSR count). The van der Waals surface area contributed by atoms with Crippen molar-refractivity contribution in [1.82, 2.24) is 0 Å². The molecule has 1 saturated heterocycles. The Hall–Kier alpha value is -1.09. The van der Waals surface area contributed by atoms with Crippen molar-refractivity contribution in [3.8, 4) is 0 Å². The first-order chi connectivity index (χ1) is 9.79. The number of rotatable bonds is 2. The lowest BCUT2D eigenvalue weighted by atomic mass is 9.77. The molecule has 0 spiro atoms. The van der Waals surface area contributed by atoms with E-state index in [9.17, 15) is 9.50 Å². The molecule has 0 saturated carbocycles. The fourth-order valence-corrected chi connectivity index (χ4v) is 3.35. The summed E-state index contributed by atoms with van der Waals surface area (Å²) in [7, 11) is 0. The van der Waals surface area contributed by atoms with Gasteiger partial charge in [0.1, 0.15) is 5.82 Å². The van der Waals surface area contributed by atoms with Gasteiger partial charge in [0.25, 0.3) is 0 Å². The summed E-state index contributed by atoms with van der Waals surface area (Å²) in [4.78, 5) is 2.31. The Morgan fingerprint density at radius 2 is 1.95 bits per heavy atom. The van der Waals surface area contributed by atoms with E-state index in [1.54, 1.807) is 6.92 Å². The molecule has 1 heterocycles. The number of benzene rings is 1. The first-order valence-corrected chi connectivity index (χ1v) is 8.01. The maximum Gasteiger partial charge on any atom is 0.123 e. The monoisotopic (exact) mass is 293 g/mol. The van der Waals surface area contributed by atoms with Crippen LogP contribution in [0.25, 0.3) is 0 Å². The number of halogens is 1. The average Bonchev–Trinajstić information content (AvgIpc) is 2.63. The SMILES string of the molecule is CC(O)c1cc(F)ccc1N1CCCC(C(C)(C)C)CC1. The third kappa shape index (κ3) is 3.97. The van der Waals surface area contributed by atoms with Crippen LogP contribution < -0.4 is 4.90 Å². The quantitative estimate of drug-likeness (QED) is 0.866. The lowest BCUT2D eigenvalue weighted by Gasteiger charge is -2.30. The normalized spacial score (nSPS) is 22.0. The summed E-state index contributed by atoms with van der Waals surface area (Å²) in [6.07, 6.45) is 2.90. The number of hydrogen-bond acceptors (Lipinski definition) is 2. The van der Waals surface area contributed by atoms with E-state index in [1.165, 1.54) is 18.6 Å². The first-order valence-electron chi connectivity index (χ1n) is 8.01. The zero-order chi connectivity index (χ0) is 15.6. The number of nitrogens with zero attached hydrogens (tertiary/aromatic N) is 1. The van der Waals surface area contributed by atoms with Crippen LogP contribution in [0.4, 0.5) is 10.1 Å². The van der Waals surface area contributed by atoms with Crippen molar-refractivity contribution in [3.63, 3.8) is 0 Å². The standard InChI is InChI=1S/C18H28FNO/c1-13(21)16-12-15(19)7-8-17(16)20-10-5-6-14(9-11-20)18(2,3)4/h7-8,12-14,21H,5-6,9-11H2,1-4H3. The van der Waals surface area contributed by atoms with Crippen molar-refractivity contribution >= 4 is 5.69 Å². The summed E-state index contributed by atoms with van der Waals surface area (Å²) in [6, 6.07) is 4.77. The van der Waals surface area contributed by atoms with Gasteiger partial charge in [-0.25, -0.2) is 4.39 Å². The largest absolute Gasteiger partial charge is 0.389 e. The van der Waals surface area contributed by atoms with Crippen LogP contribution in [0.3, 0.4) is 0 Å². The third-order valence-corrected chi connectivity index (χ3v) is 4.73. The Labute approximate surface area is 128 Å². The Morgan fingerprint density at radius 3 is 2.57 bits per heavy atom. The van der Waals surface area contributed by atoms with Crippen molar-refractivity contribution in [2.45, 2.75) is 53.1 Å². The van der Waals surface area contributed by atoms with Crippen molar-refractivity contribution in [3.05, 3.63) is 29.6 Å². The summed E-state index contributed by atoms with van der Waals surface area (Å²) in [5.74, 6) is 0.440. The van der Waals surface area contributed by atoms with Crippen LogP contribution in [0.5, 0.6) is 0 Å². The third-order valence-electron chi connectivity index (χ3n) is 4.73. The van der Waals surface area contributed by atoms with E-state index in [-0.39, 0.29) is 5.82 Å². The van der Waals surface area contributed by atoms with Crippen LogP contribution in [-0.4, -0.2) is 18.2 Å². The molecule has 1 aliphatic rings. The fourth-order valence-electron chi connectivity index (χ4n) is 3.35. The van der Waals surface area contributed by atoms with Crippen molar-refractivity contribution in [2.75, 3.05) is 18.0 Å². The van der Waals surface area contributed by atoms with Gasteiger partial charge in [0.05, 0.1) is 6.10 Å². The van der Waals surface area contributed by atoms with Gasteiger partial charge in [0, 0.05) is 24.3 Å². The van der Waals surface area contributed by atoms with E-state index in [0.29, 0.717) is 11.0 Å². The molecular weight excluding hydrogens is 265 g/mol. The smallest absolute Gasteiger partial charge is 0.123 e. The topological polar surface area (TPSA) is 23.5 Å². The molecule has 1 aromatic rings. The van der Waals surface area contributed by atoms with E-state index < -0.39 is 6.10 Å². The second-order valence-corrected chi connectivity index (χ2v) is 7.36. The minimum atomic E-state index is -0.641. The Balaban J connectivity index is 2.20. The second-order valence-electron chi connectivity index (χ2n) is 7.36. The van der Waals surface area contributed by atoms with Crippen LogP contribution >= 0.6 is 0 Å². The molecule has 2 atom stereocenters. The molecule has 21 heavy (non-hydrogen) atoms. The molecule has 0 aromatic heterocycles. The maximum atomic E-state index is 13.4. The molecule has 3 heteroatoms. The molecule has 2 unspecified atom stereocenters. The summed E-state index contributed by atoms with van der Waals surface area (Å²) in [6.45, 7) is 10.6. The van der Waals surface area contributed by atoms with Gasteiger partial charge in [0.2, 0.25) is 0 Å². The van der Waals surface area contributed by atoms with Gasteiger partial charge >= 0.3 is 0 Å². The van der Waals surface area contributed by atoms with E-state index >= 15 is 0 Å². The number of aliphatic hydroxyl groups is 1. The molecule has 0 amide bonds. The number of hydrogen-bond donors (Lipinski definition) is 1. The molecule has 1 fully saturated rings. The lowest BCUT2D eigenvalue weighted by molar-refractivity contribution is 0.199. The van der Waals surface area contributed by atoms with E-state index in [1.807, 2.05) is 6.07 Å². The molecule has 0 aliphatic carbocycles. The maximum absolute atomic E-state index is 13.4. The number of aliphatic hydroxyl groups excluding tert-OH is 1. The first kappa shape index (κ1) is 16.3. The minimum absolute atomic E-state index is 0.281. The van der Waals surface area contributed by atoms with Crippen molar-refractivity contribution in [1.29, 1.82) is 0 Å². The molecule has 1 aliphatic heterocycles. The highest BCUT2D eigenvalue weighted by Crippen LogP contribution is 2.36. The van der Waals surface area contributed by atoms with Gasteiger partial charge in [-0.3, -0.25) is 0 Å². The minimum Gasteiger partial charge on any atom is -0.389 e. The van der Waals surface area contributed by atoms with Crippen LogP contribution in [0.1, 0.15) is 58.6 Å². The average molecular weight is 293 g/mol. The molecule has 0 radical (unpaired) electrons. The lowest BCUT2D eigenvalue weighted by Crippen LogP contribution is -2.27. The summed E-state index contributed by atoms with van der Waals surface area (Å²) in [5, 5.41) is 9.92. The molecule has 1 aromatic carbocycles. The Bertz CT molecular complexity index is 479. The van der Waals surface area contributed by atoms with Crippen LogP contribution in [0.15, 0.2) is 18.2 Å². The fraction of sp³-hybridized carbons (Fsp3) is 0.667.